The topological polar surface area (TPSA) is 94.5 Å². The Kier molecular flexibility index (Phi) is 8.06. The van der Waals surface area contributed by atoms with Gasteiger partial charge in [0.05, 0.1) is 0 Å². The molecule has 0 aliphatic carbocycles. The third-order valence-electron chi connectivity index (χ3n) is 5.57. The van der Waals surface area contributed by atoms with Crippen LogP contribution in [-0.2, 0) is 0 Å². The molecule has 3 aromatic rings. The molecule has 2 unspecified atom stereocenters. The number of nitrogen functional groups attached to an aromatic ring is 1. The Morgan fingerprint density at radius 1 is 1.09 bits per heavy atom. The van der Waals surface area contributed by atoms with Gasteiger partial charge < -0.3 is 21.1 Å². The predicted octanol–water partition coefficient (Wildman–Crippen LogP) is 4.98. The van der Waals surface area contributed by atoms with E-state index in [0.29, 0.717) is 30.2 Å². The van der Waals surface area contributed by atoms with Gasteiger partial charge in [-0.05, 0) is 62.1 Å². The molecule has 0 fully saturated rings. The number of rotatable bonds is 9. The highest BCUT2D eigenvalue weighted by Gasteiger charge is 2.17. The van der Waals surface area contributed by atoms with Crippen molar-refractivity contribution >= 4 is 11.7 Å². The molecule has 1 aromatic heterocycles. The molecular weight excluding hydrogens is 412 g/mol. The summed E-state index contributed by atoms with van der Waals surface area (Å²) in [5.41, 5.74) is 16.7. The van der Waals surface area contributed by atoms with Crippen molar-refractivity contribution in [3.05, 3.63) is 77.5 Å². The highest BCUT2D eigenvalue weighted by molar-refractivity contribution is 5.94. The molecule has 0 bridgehead atoms. The molecule has 0 spiro atoms. The Hall–Kier alpha value is -3.38. The Balaban J connectivity index is 1.80. The van der Waals surface area contributed by atoms with Crippen molar-refractivity contribution in [2.75, 3.05) is 18.8 Å². The fraction of sp³-hybridized carbons (Fsp3) is 0.333. The van der Waals surface area contributed by atoms with Gasteiger partial charge in [-0.1, -0.05) is 43.3 Å². The Morgan fingerprint density at radius 3 is 2.42 bits per heavy atom. The number of anilines is 1. The summed E-state index contributed by atoms with van der Waals surface area (Å²) in [7, 11) is 0. The van der Waals surface area contributed by atoms with E-state index in [1.165, 1.54) is 0 Å². The van der Waals surface area contributed by atoms with Gasteiger partial charge in [0.25, 0.3) is 5.91 Å². The van der Waals surface area contributed by atoms with E-state index in [-0.39, 0.29) is 18.1 Å². The number of benzene rings is 2. The number of nitrogens with zero attached hydrogens (tertiary/aromatic N) is 2. The fourth-order valence-corrected chi connectivity index (χ4v) is 3.89. The van der Waals surface area contributed by atoms with Crippen molar-refractivity contribution in [2.24, 2.45) is 5.73 Å². The summed E-state index contributed by atoms with van der Waals surface area (Å²) in [6.07, 6.45) is 2.44. The van der Waals surface area contributed by atoms with Gasteiger partial charge in [-0.15, -0.1) is 0 Å². The molecule has 4 N–H and O–H groups in total. The van der Waals surface area contributed by atoms with Crippen LogP contribution >= 0.6 is 0 Å². The summed E-state index contributed by atoms with van der Waals surface area (Å²) >= 11 is 0. The maximum absolute atomic E-state index is 12.9. The average molecular weight is 447 g/mol. The number of nitrogens with two attached hydrogens (primary N) is 2. The zero-order valence-electron chi connectivity index (χ0n) is 19.9. The lowest BCUT2D eigenvalue weighted by molar-refractivity contribution is 0.0748. The van der Waals surface area contributed by atoms with Crippen LogP contribution in [0.5, 0.6) is 5.75 Å². The number of amides is 1. The first-order valence-electron chi connectivity index (χ1n) is 11.4. The molecular formula is C27H34N4O2. The fourth-order valence-electron chi connectivity index (χ4n) is 3.89. The van der Waals surface area contributed by atoms with Crippen molar-refractivity contribution in [3.63, 3.8) is 0 Å². The second-order valence-corrected chi connectivity index (χ2v) is 8.53. The number of hydrogen-bond acceptors (Lipinski definition) is 5. The van der Waals surface area contributed by atoms with E-state index in [9.17, 15) is 4.79 Å². The second-order valence-electron chi connectivity index (χ2n) is 8.53. The van der Waals surface area contributed by atoms with Crippen LogP contribution in [0.15, 0.2) is 60.8 Å². The van der Waals surface area contributed by atoms with Gasteiger partial charge in [0.15, 0.2) is 11.6 Å². The van der Waals surface area contributed by atoms with Gasteiger partial charge in [-0.2, -0.15) is 0 Å². The standard InChI is InChI=1S/C27H34N4O2/c1-5-14-31(17-19(3)28)27(32)22-12-10-21(11-13-22)23-15-25(26(29)30-16-23)33-20(4)24-9-7-6-8-18(24)2/h6-13,15-16,19-20H,5,14,17,28H2,1-4H3,(H2,29,30). The van der Waals surface area contributed by atoms with E-state index >= 15 is 0 Å². The normalized spacial score (nSPS) is 12.8. The highest BCUT2D eigenvalue weighted by Crippen LogP contribution is 2.31. The van der Waals surface area contributed by atoms with E-state index in [2.05, 4.69) is 31.0 Å². The van der Waals surface area contributed by atoms with Crippen LogP contribution in [0.1, 0.15) is 54.8 Å². The molecule has 3 rings (SSSR count). The van der Waals surface area contributed by atoms with Crippen LogP contribution in [0.25, 0.3) is 11.1 Å². The Labute approximate surface area is 196 Å². The van der Waals surface area contributed by atoms with E-state index in [4.69, 9.17) is 16.2 Å². The molecule has 0 aliphatic rings. The van der Waals surface area contributed by atoms with Crippen molar-refractivity contribution < 1.29 is 9.53 Å². The van der Waals surface area contributed by atoms with Crippen molar-refractivity contribution in [1.29, 1.82) is 0 Å². The quantitative estimate of drug-likeness (QED) is 0.483. The molecule has 33 heavy (non-hydrogen) atoms. The first-order valence-corrected chi connectivity index (χ1v) is 11.4. The van der Waals surface area contributed by atoms with Crippen molar-refractivity contribution in [1.82, 2.24) is 9.88 Å². The van der Waals surface area contributed by atoms with Crippen LogP contribution in [-0.4, -0.2) is 34.9 Å². The minimum absolute atomic E-state index is 0.00721. The molecule has 6 heteroatoms. The van der Waals surface area contributed by atoms with E-state index < -0.39 is 0 Å². The summed E-state index contributed by atoms with van der Waals surface area (Å²) < 4.78 is 6.17. The second kappa shape index (κ2) is 11.0. The van der Waals surface area contributed by atoms with E-state index in [1.54, 1.807) is 6.20 Å². The largest absolute Gasteiger partial charge is 0.482 e. The lowest BCUT2D eigenvalue weighted by atomic mass is 10.0. The van der Waals surface area contributed by atoms with Gasteiger partial charge in [0, 0.05) is 36.5 Å². The number of hydrogen-bond donors (Lipinski definition) is 2. The summed E-state index contributed by atoms with van der Waals surface area (Å²) in [5.74, 6) is 0.874. The maximum atomic E-state index is 12.9. The number of aryl methyl sites for hydroxylation is 1. The molecule has 6 nitrogen and oxygen atoms in total. The molecule has 1 heterocycles. The molecule has 0 radical (unpaired) electrons. The number of aromatic nitrogens is 1. The lowest BCUT2D eigenvalue weighted by Crippen LogP contribution is -2.40. The van der Waals surface area contributed by atoms with Gasteiger partial charge in [0.2, 0.25) is 0 Å². The Bertz CT molecular complexity index is 1080. The van der Waals surface area contributed by atoms with Crippen LogP contribution < -0.4 is 16.2 Å². The third-order valence-corrected chi connectivity index (χ3v) is 5.57. The number of ether oxygens (including phenoxy) is 1. The first-order chi connectivity index (χ1) is 15.8. The number of pyridine rings is 1. The van der Waals surface area contributed by atoms with Gasteiger partial charge >= 0.3 is 0 Å². The SMILES string of the molecule is CCCN(CC(C)N)C(=O)c1ccc(-c2cnc(N)c(OC(C)c3ccccc3C)c2)cc1. The minimum Gasteiger partial charge on any atom is -0.482 e. The van der Waals surface area contributed by atoms with Crippen LogP contribution in [0.2, 0.25) is 0 Å². The van der Waals surface area contributed by atoms with Gasteiger partial charge in [0.1, 0.15) is 6.10 Å². The number of carbonyl (C=O) groups excluding carboxylic acids is 1. The van der Waals surface area contributed by atoms with Gasteiger partial charge in [-0.25, -0.2) is 4.98 Å². The third kappa shape index (κ3) is 6.11. The van der Waals surface area contributed by atoms with Gasteiger partial charge in [-0.3, -0.25) is 4.79 Å². The Morgan fingerprint density at radius 2 is 1.79 bits per heavy atom. The minimum atomic E-state index is -0.167. The predicted molar refractivity (Wildman–Crippen MR) is 134 cm³/mol. The molecule has 2 atom stereocenters. The summed E-state index contributed by atoms with van der Waals surface area (Å²) in [5, 5.41) is 0. The van der Waals surface area contributed by atoms with E-state index in [1.807, 2.05) is 61.2 Å². The molecule has 174 valence electrons. The summed E-state index contributed by atoms with van der Waals surface area (Å²) in [4.78, 5) is 19.1. The van der Waals surface area contributed by atoms with Crippen molar-refractivity contribution in [2.45, 2.75) is 46.3 Å². The van der Waals surface area contributed by atoms with E-state index in [0.717, 1.165) is 28.7 Å². The maximum Gasteiger partial charge on any atom is 0.253 e. The average Bonchev–Trinajstić information content (AvgIpc) is 2.80. The lowest BCUT2D eigenvalue weighted by Gasteiger charge is -2.24. The molecule has 0 saturated heterocycles. The molecule has 0 aliphatic heterocycles. The summed E-state index contributed by atoms with van der Waals surface area (Å²) in [6, 6.07) is 17.5. The first kappa shape index (κ1) is 24.3. The zero-order chi connectivity index (χ0) is 24.0. The summed E-state index contributed by atoms with van der Waals surface area (Å²) in [6.45, 7) is 9.25. The molecule has 2 aromatic carbocycles. The smallest absolute Gasteiger partial charge is 0.253 e. The number of carbonyl (C=O) groups is 1. The molecule has 1 amide bonds. The van der Waals surface area contributed by atoms with Crippen LogP contribution in [0.4, 0.5) is 5.82 Å². The van der Waals surface area contributed by atoms with Crippen molar-refractivity contribution in [3.8, 4) is 16.9 Å². The highest BCUT2D eigenvalue weighted by atomic mass is 16.5. The zero-order valence-corrected chi connectivity index (χ0v) is 19.9. The van der Waals surface area contributed by atoms with Crippen LogP contribution in [0.3, 0.4) is 0 Å². The van der Waals surface area contributed by atoms with Crippen LogP contribution in [0, 0.1) is 6.92 Å². The monoisotopic (exact) mass is 446 g/mol. The molecule has 0 saturated carbocycles.